The highest BCUT2D eigenvalue weighted by atomic mass is 16.3. The lowest BCUT2D eigenvalue weighted by atomic mass is 10.2. The molecule has 1 N–H and O–H groups in total. The van der Waals surface area contributed by atoms with E-state index in [9.17, 15) is 4.79 Å². The van der Waals surface area contributed by atoms with E-state index in [-0.39, 0.29) is 5.56 Å². The highest BCUT2D eigenvalue weighted by Crippen LogP contribution is 2.21. The fraction of sp³-hybridized carbons (Fsp3) is 0.111. The van der Waals surface area contributed by atoms with E-state index < -0.39 is 0 Å². The number of aromatic amines is 1. The molecule has 0 unspecified atom stereocenters. The predicted molar refractivity (Wildman–Crippen MR) is 90.7 cm³/mol. The van der Waals surface area contributed by atoms with Crippen molar-refractivity contribution in [3.8, 4) is 0 Å². The van der Waals surface area contributed by atoms with Crippen LogP contribution < -0.4 is 10.5 Å². The Kier molecular flexibility index (Phi) is 3.12. The van der Waals surface area contributed by atoms with Crippen molar-refractivity contribution in [2.75, 3.05) is 11.9 Å². The summed E-state index contributed by atoms with van der Waals surface area (Å²) in [6.07, 6.45) is 0. The van der Waals surface area contributed by atoms with E-state index in [1.807, 2.05) is 60.5 Å². The molecule has 0 spiro atoms. The summed E-state index contributed by atoms with van der Waals surface area (Å²) in [5.74, 6) is 1.35. The number of furan rings is 1. The zero-order valence-electron chi connectivity index (χ0n) is 12.6. The summed E-state index contributed by atoms with van der Waals surface area (Å²) in [5, 5.41) is 1.66. The summed E-state index contributed by atoms with van der Waals surface area (Å²) in [5.41, 5.74) is 1.40. The summed E-state index contributed by atoms with van der Waals surface area (Å²) >= 11 is 0. The Morgan fingerprint density at radius 3 is 2.78 bits per heavy atom. The minimum Gasteiger partial charge on any atom is -0.459 e. The lowest BCUT2D eigenvalue weighted by Crippen LogP contribution is -2.22. The Balaban J connectivity index is 1.68. The first kappa shape index (κ1) is 13.6. The molecule has 5 heteroatoms. The van der Waals surface area contributed by atoms with Crippen molar-refractivity contribution in [1.29, 1.82) is 0 Å². The average molecular weight is 305 g/mol. The third kappa shape index (κ3) is 2.46. The highest BCUT2D eigenvalue weighted by molar-refractivity contribution is 5.79. The molecule has 5 nitrogen and oxygen atoms in total. The zero-order chi connectivity index (χ0) is 15.8. The van der Waals surface area contributed by atoms with Crippen molar-refractivity contribution < 1.29 is 4.42 Å². The second-order valence-electron chi connectivity index (χ2n) is 5.51. The summed E-state index contributed by atoms with van der Waals surface area (Å²) < 4.78 is 5.82. The topological polar surface area (TPSA) is 62.1 Å². The lowest BCUT2D eigenvalue weighted by molar-refractivity contribution is 0.544. The molecule has 0 amide bonds. The van der Waals surface area contributed by atoms with E-state index >= 15 is 0 Å². The molecule has 0 saturated carbocycles. The van der Waals surface area contributed by atoms with Crippen LogP contribution >= 0.6 is 0 Å². The Bertz CT molecular complexity index is 1020. The van der Waals surface area contributed by atoms with Gasteiger partial charge < -0.3 is 9.32 Å². The van der Waals surface area contributed by atoms with E-state index in [1.165, 1.54) is 0 Å². The average Bonchev–Trinajstić information content (AvgIpc) is 2.97. The van der Waals surface area contributed by atoms with Crippen molar-refractivity contribution >= 4 is 27.8 Å². The molecule has 4 rings (SSSR count). The van der Waals surface area contributed by atoms with Gasteiger partial charge in [0.1, 0.15) is 11.3 Å². The SMILES string of the molecule is CN(Cc1cc2ccccc2o1)c1nc2ccccc2c(=O)[nH]1. The number of nitrogens with zero attached hydrogens (tertiary/aromatic N) is 2. The van der Waals surface area contributed by atoms with Gasteiger partial charge in [-0.3, -0.25) is 9.78 Å². The Hall–Kier alpha value is -3.08. The molecule has 0 saturated heterocycles. The van der Waals surface area contributed by atoms with Crippen LogP contribution in [0.1, 0.15) is 5.76 Å². The standard InChI is InChI=1S/C18H15N3O2/c1-21(11-13-10-12-6-2-5-9-16(12)23-13)18-19-15-8-4-3-7-14(15)17(22)20-18/h2-10H,11H2,1H3,(H,19,20,22). The van der Waals surface area contributed by atoms with E-state index in [4.69, 9.17) is 4.42 Å². The maximum Gasteiger partial charge on any atom is 0.260 e. The number of para-hydroxylation sites is 2. The molecule has 0 aliphatic carbocycles. The quantitative estimate of drug-likeness (QED) is 0.631. The zero-order valence-corrected chi connectivity index (χ0v) is 12.6. The van der Waals surface area contributed by atoms with Gasteiger partial charge >= 0.3 is 0 Å². The number of fused-ring (bicyclic) bond motifs is 2. The van der Waals surface area contributed by atoms with Gasteiger partial charge in [0, 0.05) is 12.4 Å². The summed E-state index contributed by atoms with van der Waals surface area (Å²) in [6, 6.07) is 17.2. The maximum atomic E-state index is 12.2. The molecule has 4 aromatic rings. The fourth-order valence-electron chi connectivity index (χ4n) is 2.68. The van der Waals surface area contributed by atoms with Gasteiger partial charge in [-0.1, -0.05) is 30.3 Å². The first-order valence-electron chi connectivity index (χ1n) is 7.38. The lowest BCUT2D eigenvalue weighted by Gasteiger charge is -2.16. The first-order chi connectivity index (χ1) is 11.2. The monoisotopic (exact) mass is 305 g/mol. The van der Waals surface area contributed by atoms with Crippen LogP contribution in [0.25, 0.3) is 21.9 Å². The third-order valence-electron chi connectivity index (χ3n) is 3.83. The fourth-order valence-corrected chi connectivity index (χ4v) is 2.68. The summed E-state index contributed by atoms with van der Waals surface area (Å²) in [6.45, 7) is 0.524. The summed E-state index contributed by atoms with van der Waals surface area (Å²) in [7, 11) is 1.88. The van der Waals surface area contributed by atoms with E-state index in [0.717, 1.165) is 16.7 Å². The maximum absolute atomic E-state index is 12.2. The smallest absolute Gasteiger partial charge is 0.260 e. The Morgan fingerprint density at radius 2 is 1.91 bits per heavy atom. The molecule has 2 aromatic heterocycles. The van der Waals surface area contributed by atoms with Gasteiger partial charge in [-0.15, -0.1) is 0 Å². The number of hydrogen-bond donors (Lipinski definition) is 1. The van der Waals surface area contributed by atoms with E-state index in [0.29, 0.717) is 23.4 Å². The normalized spacial score (nSPS) is 11.2. The van der Waals surface area contributed by atoms with Crippen LogP contribution in [0.15, 0.2) is 63.8 Å². The van der Waals surface area contributed by atoms with Gasteiger partial charge in [-0.05, 0) is 24.3 Å². The van der Waals surface area contributed by atoms with Crippen molar-refractivity contribution in [3.05, 3.63) is 70.7 Å². The van der Waals surface area contributed by atoms with Crippen molar-refractivity contribution in [2.45, 2.75) is 6.54 Å². The molecule has 2 heterocycles. The molecule has 0 bridgehead atoms. The number of rotatable bonds is 3. The molecule has 0 radical (unpaired) electrons. The van der Waals surface area contributed by atoms with E-state index in [2.05, 4.69) is 9.97 Å². The second-order valence-corrected chi connectivity index (χ2v) is 5.51. The van der Waals surface area contributed by atoms with Gasteiger partial charge in [0.2, 0.25) is 5.95 Å². The first-order valence-corrected chi connectivity index (χ1v) is 7.38. The van der Waals surface area contributed by atoms with E-state index in [1.54, 1.807) is 6.07 Å². The molecule has 0 aliphatic heterocycles. The second kappa shape index (κ2) is 5.28. The molecule has 2 aromatic carbocycles. The molecule has 114 valence electrons. The van der Waals surface area contributed by atoms with Crippen LogP contribution in [0.3, 0.4) is 0 Å². The number of benzene rings is 2. The van der Waals surface area contributed by atoms with Crippen LogP contribution in [-0.4, -0.2) is 17.0 Å². The van der Waals surface area contributed by atoms with Crippen LogP contribution in [0.2, 0.25) is 0 Å². The molecule has 0 aliphatic rings. The molecular formula is C18H15N3O2. The third-order valence-corrected chi connectivity index (χ3v) is 3.83. The minimum absolute atomic E-state index is 0.137. The number of anilines is 1. The van der Waals surface area contributed by atoms with Crippen molar-refractivity contribution in [2.24, 2.45) is 0 Å². The largest absolute Gasteiger partial charge is 0.459 e. The molecular weight excluding hydrogens is 290 g/mol. The van der Waals surface area contributed by atoms with Crippen LogP contribution in [0.5, 0.6) is 0 Å². The molecule has 0 atom stereocenters. The predicted octanol–water partition coefficient (Wildman–Crippen LogP) is 3.31. The van der Waals surface area contributed by atoms with Gasteiger partial charge in [0.25, 0.3) is 5.56 Å². The Labute approximate surface area is 132 Å². The van der Waals surface area contributed by atoms with Crippen LogP contribution in [0.4, 0.5) is 5.95 Å². The van der Waals surface area contributed by atoms with Crippen LogP contribution in [-0.2, 0) is 6.54 Å². The Morgan fingerprint density at radius 1 is 1.13 bits per heavy atom. The van der Waals surface area contributed by atoms with Crippen molar-refractivity contribution in [1.82, 2.24) is 9.97 Å². The van der Waals surface area contributed by atoms with Gasteiger partial charge in [-0.25, -0.2) is 4.98 Å². The number of aromatic nitrogens is 2. The number of nitrogens with one attached hydrogen (secondary N) is 1. The minimum atomic E-state index is -0.137. The molecule has 0 fully saturated rings. The van der Waals surface area contributed by atoms with Gasteiger partial charge in [0.05, 0.1) is 17.4 Å². The highest BCUT2D eigenvalue weighted by Gasteiger charge is 2.11. The number of hydrogen-bond acceptors (Lipinski definition) is 4. The summed E-state index contributed by atoms with van der Waals surface area (Å²) in [4.78, 5) is 21.4. The van der Waals surface area contributed by atoms with Gasteiger partial charge in [-0.2, -0.15) is 0 Å². The molecule has 23 heavy (non-hydrogen) atoms. The number of H-pyrrole nitrogens is 1. The van der Waals surface area contributed by atoms with Crippen molar-refractivity contribution in [3.63, 3.8) is 0 Å². The van der Waals surface area contributed by atoms with Crippen LogP contribution in [0, 0.1) is 0 Å². The van der Waals surface area contributed by atoms with Gasteiger partial charge in [0.15, 0.2) is 0 Å².